The fourth-order valence-electron chi connectivity index (χ4n) is 5.90. The highest BCUT2D eigenvalue weighted by atomic mass is 16.5. The highest BCUT2D eigenvalue weighted by molar-refractivity contribution is 6.01. The molecule has 4 fully saturated rings. The number of hydrogen-bond donors (Lipinski definition) is 2. The van der Waals surface area contributed by atoms with E-state index in [0.29, 0.717) is 18.4 Å². The van der Waals surface area contributed by atoms with E-state index in [-0.39, 0.29) is 36.8 Å². The summed E-state index contributed by atoms with van der Waals surface area (Å²) in [6.45, 7) is 4.22. The molecule has 9 heteroatoms. The zero-order chi connectivity index (χ0) is 23.9. The molecule has 3 N–H and O–H groups in total. The van der Waals surface area contributed by atoms with Gasteiger partial charge in [-0.25, -0.2) is 0 Å². The summed E-state index contributed by atoms with van der Waals surface area (Å²) in [4.78, 5) is 45.8. The van der Waals surface area contributed by atoms with Crippen molar-refractivity contribution in [3.63, 3.8) is 0 Å². The Hall–Kier alpha value is -2.49. The average molecular weight is 470 g/mol. The van der Waals surface area contributed by atoms with Crippen LogP contribution in [0.1, 0.15) is 42.5 Å². The lowest BCUT2D eigenvalue weighted by molar-refractivity contribution is -0.143. The lowest BCUT2D eigenvalue weighted by Gasteiger charge is -2.40. The van der Waals surface area contributed by atoms with Crippen molar-refractivity contribution in [2.75, 3.05) is 51.3 Å². The molecule has 3 heterocycles. The van der Waals surface area contributed by atoms with Gasteiger partial charge in [0.2, 0.25) is 5.91 Å². The fraction of sp³-hybridized carbons (Fsp3) is 0.640. The molecule has 9 nitrogen and oxygen atoms in total. The summed E-state index contributed by atoms with van der Waals surface area (Å²) >= 11 is 0. The van der Waals surface area contributed by atoms with E-state index in [4.69, 9.17) is 10.5 Å². The van der Waals surface area contributed by atoms with Gasteiger partial charge in [0, 0.05) is 44.0 Å². The molecule has 1 aromatic carbocycles. The molecule has 0 unspecified atom stereocenters. The van der Waals surface area contributed by atoms with Gasteiger partial charge in [0.25, 0.3) is 5.91 Å². The van der Waals surface area contributed by atoms with Crippen LogP contribution in [0.3, 0.4) is 0 Å². The van der Waals surface area contributed by atoms with Crippen molar-refractivity contribution in [1.29, 1.82) is 0 Å². The van der Waals surface area contributed by atoms with Crippen LogP contribution in [-0.4, -0.2) is 97.5 Å². The van der Waals surface area contributed by atoms with Crippen LogP contribution >= 0.6 is 0 Å². The topological polar surface area (TPSA) is 108 Å². The second-order valence-electron chi connectivity index (χ2n) is 10.2. The predicted octanol–water partition coefficient (Wildman–Crippen LogP) is 0.377. The number of hydrogen-bond acceptors (Lipinski definition) is 7. The van der Waals surface area contributed by atoms with Gasteiger partial charge >= 0.3 is 0 Å². The van der Waals surface area contributed by atoms with Crippen molar-refractivity contribution in [3.8, 4) is 0 Å². The number of rotatable bonds is 4. The monoisotopic (exact) mass is 469 g/mol. The fourth-order valence-corrected chi connectivity index (χ4v) is 5.90. The van der Waals surface area contributed by atoms with Gasteiger partial charge in [-0.1, -0.05) is 19.3 Å². The lowest BCUT2D eigenvalue weighted by atomic mass is 9.80. The molecule has 4 aliphatic rings. The zero-order valence-corrected chi connectivity index (χ0v) is 19.9. The molecule has 34 heavy (non-hydrogen) atoms. The summed E-state index contributed by atoms with van der Waals surface area (Å²) in [6.07, 6.45) is 3.41. The van der Waals surface area contributed by atoms with Crippen LogP contribution in [0.15, 0.2) is 24.3 Å². The summed E-state index contributed by atoms with van der Waals surface area (Å²) in [5.74, 6) is -0.561. The second-order valence-corrected chi connectivity index (χ2v) is 10.2. The van der Waals surface area contributed by atoms with Crippen LogP contribution in [0, 0.1) is 0 Å². The summed E-state index contributed by atoms with van der Waals surface area (Å²) in [5, 5.41) is 3.10. The lowest BCUT2D eigenvalue weighted by Crippen LogP contribution is -2.62. The maximum Gasteiger partial charge on any atom is 0.252 e. The van der Waals surface area contributed by atoms with Crippen LogP contribution in [-0.2, 0) is 14.3 Å². The molecule has 2 amide bonds. The number of nitrogens with zero attached hydrogens (tertiary/aromatic N) is 3. The Morgan fingerprint density at radius 2 is 1.74 bits per heavy atom. The van der Waals surface area contributed by atoms with E-state index in [1.54, 1.807) is 4.90 Å². The van der Waals surface area contributed by atoms with Gasteiger partial charge < -0.3 is 30.5 Å². The molecular weight excluding hydrogens is 434 g/mol. The Kier molecular flexibility index (Phi) is 6.35. The number of Topliss-reactive ketones (excluding diaryl/α,β-unsaturated/α-hetero) is 1. The third-order valence-electron chi connectivity index (χ3n) is 7.95. The highest BCUT2D eigenvalue weighted by Gasteiger charge is 2.55. The number of nitrogens with two attached hydrogens (primary N) is 1. The summed E-state index contributed by atoms with van der Waals surface area (Å²) < 4.78 is 5.56. The van der Waals surface area contributed by atoms with E-state index in [9.17, 15) is 14.4 Å². The number of amides is 2. The number of piperazine rings is 1. The number of ether oxygens (including phenoxy) is 1. The molecule has 1 aromatic rings. The van der Waals surface area contributed by atoms with Crippen molar-refractivity contribution < 1.29 is 19.1 Å². The largest absolute Gasteiger partial charge is 0.369 e. The summed E-state index contributed by atoms with van der Waals surface area (Å²) in [6, 6.07) is 6.60. The molecule has 0 spiro atoms. The van der Waals surface area contributed by atoms with Crippen LogP contribution in [0.5, 0.6) is 0 Å². The Morgan fingerprint density at radius 1 is 1.06 bits per heavy atom. The molecule has 184 valence electrons. The summed E-state index contributed by atoms with van der Waals surface area (Å²) in [7, 11) is 2.12. The number of ketones is 1. The molecule has 1 saturated carbocycles. The average Bonchev–Trinajstić information content (AvgIpc) is 3.40. The minimum atomic E-state index is -1.01. The molecule has 0 aromatic heterocycles. The third kappa shape index (κ3) is 4.21. The van der Waals surface area contributed by atoms with Gasteiger partial charge in [-0.3, -0.25) is 14.4 Å². The van der Waals surface area contributed by atoms with E-state index >= 15 is 0 Å². The molecular formula is C25H35N5O4. The van der Waals surface area contributed by atoms with Gasteiger partial charge in [0.1, 0.15) is 24.3 Å². The number of anilines is 1. The SMILES string of the molecule is CN1CCN(c2ccc(C(=O)NC3(C(=O)N4C[C@@H](N)[C@H]5OCC(=O)[C@H]54)CCCCC3)cc2)CC1. The first-order valence-corrected chi connectivity index (χ1v) is 12.4. The minimum Gasteiger partial charge on any atom is -0.369 e. The first kappa shape index (κ1) is 23.3. The molecule has 1 aliphatic carbocycles. The van der Waals surface area contributed by atoms with Gasteiger partial charge in [0.15, 0.2) is 5.78 Å². The van der Waals surface area contributed by atoms with E-state index in [2.05, 4.69) is 22.2 Å². The number of fused-ring (bicyclic) bond motifs is 1. The number of likely N-dealkylation sites (N-methyl/N-ethyl adjacent to an activating group) is 1. The van der Waals surface area contributed by atoms with E-state index in [1.165, 1.54) is 0 Å². The second kappa shape index (κ2) is 9.28. The van der Waals surface area contributed by atoms with Crippen LogP contribution in [0.2, 0.25) is 0 Å². The van der Waals surface area contributed by atoms with Crippen molar-refractivity contribution >= 4 is 23.3 Å². The maximum atomic E-state index is 13.8. The van der Waals surface area contributed by atoms with Gasteiger partial charge in [0.05, 0.1) is 6.04 Å². The number of benzene rings is 1. The highest BCUT2D eigenvalue weighted by Crippen LogP contribution is 2.35. The van der Waals surface area contributed by atoms with Crippen molar-refractivity contribution in [2.24, 2.45) is 5.73 Å². The Bertz CT molecular complexity index is 937. The van der Waals surface area contributed by atoms with E-state index < -0.39 is 17.7 Å². The van der Waals surface area contributed by atoms with Crippen LogP contribution in [0.4, 0.5) is 5.69 Å². The quantitative estimate of drug-likeness (QED) is 0.656. The molecule has 3 aliphatic heterocycles. The Labute approximate surface area is 200 Å². The van der Waals surface area contributed by atoms with Crippen molar-refractivity contribution in [3.05, 3.63) is 29.8 Å². The van der Waals surface area contributed by atoms with Crippen LogP contribution < -0.4 is 16.0 Å². The van der Waals surface area contributed by atoms with Crippen molar-refractivity contribution in [2.45, 2.75) is 55.8 Å². The molecule has 5 rings (SSSR count). The number of carbonyl (C=O) groups excluding carboxylic acids is 3. The molecule has 0 bridgehead atoms. The minimum absolute atomic E-state index is 0.00811. The van der Waals surface area contributed by atoms with Gasteiger partial charge in [-0.05, 0) is 44.2 Å². The number of nitrogens with one attached hydrogen (secondary N) is 1. The Balaban J connectivity index is 1.32. The Morgan fingerprint density at radius 3 is 2.41 bits per heavy atom. The number of carbonyl (C=O) groups is 3. The molecule has 0 radical (unpaired) electrons. The maximum absolute atomic E-state index is 13.8. The standard InChI is InChI=1S/C25H35N5O4/c1-28-11-13-29(14-12-28)18-7-5-17(6-8-18)23(32)27-25(9-3-2-4-10-25)24(33)30-15-19(26)22-21(30)20(31)16-34-22/h5-8,19,21-22H,2-4,9-16,26H2,1H3,(H,27,32)/t19-,21-,22-/m1/s1. The molecule has 3 saturated heterocycles. The van der Waals surface area contributed by atoms with Crippen molar-refractivity contribution in [1.82, 2.24) is 15.1 Å². The normalized spacial score (nSPS) is 29.2. The summed E-state index contributed by atoms with van der Waals surface area (Å²) in [5.41, 5.74) is 6.82. The van der Waals surface area contributed by atoms with Crippen LogP contribution in [0.25, 0.3) is 0 Å². The van der Waals surface area contributed by atoms with E-state index in [1.807, 2.05) is 24.3 Å². The first-order chi connectivity index (χ1) is 16.4. The molecule has 3 atom stereocenters. The zero-order valence-electron chi connectivity index (χ0n) is 19.9. The first-order valence-electron chi connectivity index (χ1n) is 12.4. The van der Waals surface area contributed by atoms with Gasteiger partial charge in [-0.2, -0.15) is 0 Å². The smallest absolute Gasteiger partial charge is 0.252 e. The van der Waals surface area contributed by atoms with Gasteiger partial charge in [-0.15, -0.1) is 0 Å². The van der Waals surface area contributed by atoms with E-state index in [0.717, 1.165) is 51.1 Å². The third-order valence-corrected chi connectivity index (χ3v) is 7.95. The number of likely N-dealkylation sites (tertiary alicyclic amines) is 1. The predicted molar refractivity (Wildman–Crippen MR) is 128 cm³/mol.